The van der Waals surface area contributed by atoms with Gasteiger partial charge in [-0.1, -0.05) is 40.0 Å². The minimum Gasteiger partial charge on any atom is -0.494 e. The third-order valence-electron chi connectivity index (χ3n) is 3.46. The highest BCUT2D eigenvalue weighted by molar-refractivity contribution is 5.87. The number of carboxylic acid groups (broad SMARTS) is 1. The summed E-state index contributed by atoms with van der Waals surface area (Å²) in [5.41, 5.74) is 0.291. The standard InChI is InChI=1S/C17H26O3/c1-13(2)5-4-6-14(3)11-12-20-16-9-7-15(8-10-16)17(18)19/h7-10,13-14H,4-6,11-12H2,1-3H3,(H,18,19)/t14-/m0/s1. The molecule has 0 aliphatic carbocycles. The number of aromatic carboxylic acids is 1. The van der Waals surface area contributed by atoms with Crippen LogP contribution in [0, 0.1) is 11.8 Å². The van der Waals surface area contributed by atoms with Gasteiger partial charge in [-0.15, -0.1) is 0 Å². The number of rotatable bonds is 9. The van der Waals surface area contributed by atoms with Gasteiger partial charge in [0.15, 0.2) is 0 Å². The summed E-state index contributed by atoms with van der Waals surface area (Å²) in [6, 6.07) is 6.58. The first kappa shape index (κ1) is 16.5. The van der Waals surface area contributed by atoms with E-state index in [-0.39, 0.29) is 0 Å². The minimum atomic E-state index is -0.907. The lowest BCUT2D eigenvalue weighted by Gasteiger charge is -2.13. The molecule has 0 saturated heterocycles. The molecule has 0 aliphatic rings. The van der Waals surface area contributed by atoms with Crippen molar-refractivity contribution in [1.82, 2.24) is 0 Å². The summed E-state index contributed by atoms with van der Waals surface area (Å²) in [6.07, 6.45) is 4.87. The van der Waals surface area contributed by atoms with Crippen molar-refractivity contribution in [3.63, 3.8) is 0 Å². The molecule has 3 nitrogen and oxygen atoms in total. The van der Waals surface area contributed by atoms with E-state index in [9.17, 15) is 4.79 Å². The maximum Gasteiger partial charge on any atom is 0.335 e. The van der Waals surface area contributed by atoms with Crippen LogP contribution in [-0.4, -0.2) is 17.7 Å². The molecule has 20 heavy (non-hydrogen) atoms. The maximum absolute atomic E-state index is 10.7. The highest BCUT2D eigenvalue weighted by Crippen LogP contribution is 2.17. The van der Waals surface area contributed by atoms with Crippen molar-refractivity contribution in [2.24, 2.45) is 11.8 Å². The Kier molecular flexibility index (Phi) is 7.13. The van der Waals surface area contributed by atoms with E-state index < -0.39 is 5.97 Å². The number of carbonyl (C=O) groups is 1. The first-order valence-electron chi connectivity index (χ1n) is 7.45. The third kappa shape index (κ3) is 6.60. The molecule has 1 aromatic rings. The molecule has 0 radical (unpaired) electrons. The molecule has 0 unspecified atom stereocenters. The summed E-state index contributed by atoms with van der Waals surface area (Å²) in [7, 11) is 0. The quantitative estimate of drug-likeness (QED) is 0.717. The Morgan fingerprint density at radius 1 is 1.10 bits per heavy atom. The van der Waals surface area contributed by atoms with Crippen LogP contribution in [0.3, 0.4) is 0 Å². The van der Waals surface area contributed by atoms with Crippen LogP contribution in [0.5, 0.6) is 5.75 Å². The molecule has 1 rings (SSSR count). The summed E-state index contributed by atoms with van der Waals surface area (Å²) >= 11 is 0. The highest BCUT2D eigenvalue weighted by atomic mass is 16.5. The zero-order valence-electron chi connectivity index (χ0n) is 12.8. The monoisotopic (exact) mass is 278 g/mol. The van der Waals surface area contributed by atoms with Gasteiger partial charge in [-0.3, -0.25) is 0 Å². The first-order valence-corrected chi connectivity index (χ1v) is 7.45. The smallest absolute Gasteiger partial charge is 0.335 e. The zero-order chi connectivity index (χ0) is 15.0. The van der Waals surface area contributed by atoms with E-state index in [1.54, 1.807) is 24.3 Å². The Balaban J connectivity index is 2.21. The van der Waals surface area contributed by atoms with Crippen LogP contribution in [0.1, 0.15) is 56.8 Å². The van der Waals surface area contributed by atoms with Gasteiger partial charge < -0.3 is 9.84 Å². The van der Waals surface area contributed by atoms with Gasteiger partial charge in [0.25, 0.3) is 0 Å². The molecule has 0 aromatic heterocycles. The maximum atomic E-state index is 10.7. The van der Waals surface area contributed by atoms with Crippen LogP contribution in [-0.2, 0) is 0 Å². The SMILES string of the molecule is CC(C)CCC[C@H](C)CCOc1ccc(C(=O)O)cc1. The van der Waals surface area contributed by atoms with Crippen molar-refractivity contribution >= 4 is 5.97 Å². The molecule has 112 valence electrons. The second-order valence-corrected chi connectivity index (χ2v) is 5.90. The summed E-state index contributed by atoms with van der Waals surface area (Å²) in [4.78, 5) is 10.7. The fraction of sp³-hybridized carbons (Fsp3) is 0.588. The van der Waals surface area contributed by atoms with E-state index in [0.717, 1.165) is 18.1 Å². The number of hydrogen-bond donors (Lipinski definition) is 1. The van der Waals surface area contributed by atoms with Crippen molar-refractivity contribution in [3.8, 4) is 5.75 Å². The van der Waals surface area contributed by atoms with Crippen LogP contribution in [0.15, 0.2) is 24.3 Å². The zero-order valence-corrected chi connectivity index (χ0v) is 12.8. The Labute approximate surface area is 122 Å². The molecule has 0 spiro atoms. The fourth-order valence-electron chi connectivity index (χ4n) is 2.09. The predicted octanol–water partition coefficient (Wildman–Crippen LogP) is 4.62. The summed E-state index contributed by atoms with van der Waals surface area (Å²) in [5.74, 6) is 1.29. The van der Waals surface area contributed by atoms with Crippen LogP contribution >= 0.6 is 0 Å². The molecule has 1 N–H and O–H groups in total. The molecule has 0 fully saturated rings. The van der Waals surface area contributed by atoms with E-state index in [2.05, 4.69) is 20.8 Å². The Morgan fingerprint density at radius 3 is 2.30 bits per heavy atom. The van der Waals surface area contributed by atoms with Gasteiger partial charge in [0, 0.05) is 0 Å². The van der Waals surface area contributed by atoms with Gasteiger partial charge in [-0.2, -0.15) is 0 Å². The number of benzene rings is 1. The lowest BCUT2D eigenvalue weighted by atomic mass is 9.98. The fourth-order valence-corrected chi connectivity index (χ4v) is 2.09. The molecule has 1 atom stereocenters. The highest BCUT2D eigenvalue weighted by Gasteiger charge is 2.05. The normalized spacial score (nSPS) is 12.4. The predicted molar refractivity (Wildman–Crippen MR) is 81.4 cm³/mol. The lowest BCUT2D eigenvalue weighted by Crippen LogP contribution is -2.05. The molecule has 0 aliphatic heterocycles. The molecule has 3 heteroatoms. The average molecular weight is 278 g/mol. The van der Waals surface area contributed by atoms with Gasteiger partial charge in [0.1, 0.15) is 5.75 Å². The number of ether oxygens (including phenoxy) is 1. The van der Waals surface area contributed by atoms with Gasteiger partial charge in [-0.05, 0) is 42.5 Å². The molecule has 0 heterocycles. The van der Waals surface area contributed by atoms with Crippen molar-refractivity contribution < 1.29 is 14.6 Å². The second kappa shape index (κ2) is 8.62. The van der Waals surface area contributed by atoms with E-state index in [1.165, 1.54) is 19.3 Å². The van der Waals surface area contributed by atoms with E-state index in [0.29, 0.717) is 18.1 Å². The average Bonchev–Trinajstić information content (AvgIpc) is 2.39. The van der Waals surface area contributed by atoms with E-state index >= 15 is 0 Å². The Hall–Kier alpha value is -1.51. The molecular weight excluding hydrogens is 252 g/mol. The van der Waals surface area contributed by atoms with Crippen LogP contribution in [0.25, 0.3) is 0 Å². The minimum absolute atomic E-state index is 0.291. The van der Waals surface area contributed by atoms with Crippen LogP contribution in [0.4, 0.5) is 0 Å². The Morgan fingerprint density at radius 2 is 1.75 bits per heavy atom. The molecule has 1 aromatic carbocycles. The van der Waals surface area contributed by atoms with Crippen molar-refractivity contribution in [1.29, 1.82) is 0 Å². The Bertz CT molecular complexity index is 395. The number of carboxylic acids is 1. The first-order chi connectivity index (χ1) is 9.49. The third-order valence-corrected chi connectivity index (χ3v) is 3.46. The summed E-state index contributed by atoms with van der Waals surface area (Å²) < 4.78 is 5.65. The molecular formula is C17H26O3. The topological polar surface area (TPSA) is 46.5 Å². The number of hydrogen-bond acceptors (Lipinski definition) is 2. The summed E-state index contributed by atoms with van der Waals surface area (Å²) in [5, 5.41) is 8.81. The van der Waals surface area contributed by atoms with Gasteiger partial charge in [0.2, 0.25) is 0 Å². The van der Waals surface area contributed by atoms with Gasteiger partial charge in [0.05, 0.1) is 12.2 Å². The lowest BCUT2D eigenvalue weighted by molar-refractivity contribution is 0.0697. The molecule has 0 saturated carbocycles. The van der Waals surface area contributed by atoms with Crippen LogP contribution < -0.4 is 4.74 Å². The van der Waals surface area contributed by atoms with E-state index in [4.69, 9.17) is 9.84 Å². The van der Waals surface area contributed by atoms with Crippen LogP contribution in [0.2, 0.25) is 0 Å². The van der Waals surface area contributed by atoms with Gasteiger partial charge in [-0.25, -0.2) is 4.79 Å². The van der Waals surface area contributed by atoms with Gasteiger partial charge >= 0.3 is 5.97 Å². The summed E-state index contributed by atoms with van der Waals surface area (Å²) in [6.45, 7) is 7.47. The van der Waals surface area contributed by atoms with Crippen molar-refractivity contribution in [2.45, 2.75) is 46.5 Å². The molecule has 0 amide bonds. The van der Waals surface area contributed by atoms with E-state index in [1.807, 2.05) is 0 Å². The largest absolute Gasteiger partial charge is 0.494 e. The van der Waals surface area contributed by atoms with Crippen molar-refractivity contribution in [3.05, 3.63) is 29.8 Å². The molecule has 0 bridgehead atoms. The van der Waals surface area contributed by atoms with Crippen molar-refractivity contribution in [2.75, 3.05) is 6.61 Å². The second-order valence-electron chi connectivity index (χ2n) is 5.90.